The van der Waals surface area contributed by atoms with Gasteiger partial charge in [0, 0.05) is 17.1 Å². The largest absolute Gasteiger partial charge is 0.496 e. The van der Waals surface area contributed by atoms with Gasteiger partial charge in [-0.1, -0.05) is 24.3 Å². The molecule has 0 radical (unpaired) electrons. The molecule has 0 bridgehead atoms. The van der Waals surface area contributed by atoms with Crippen molar-refractivity contribution in [3.8, 4) is 5.75 Å². The lowest BCUT2D eigenvalue weighted by Crippen LogP contribution is -2.18. The molecule has 0 aliphatic rings. The van der Waals surface area contributed by atoms with E-state index in [1.807, 2.05) is 36.4 Å². The standard InChI is InChI=1S/C12H12N2OS/c1-15-11-7-9(14-12(13)16)6-8-4-2-3-5-10(8)11/h2-7H,1H3,(H3,13,14,16). The number of methoxy groups -OCH3 is 1. The number of ether oxygens (including phenoxy) is 1. The number of rotatable bonds is 2. The maximum atomic E-state index is 5.44. The fourth-order valence-electron chi connectivity index (χ4n) is 1.66. The summed E-state index contributed by atoms with van der Waals surface area (Å²) < 4.78 is 5.33. The van der Waals surface area contributed by atoms with Gasteiger partial charge in [-0.05, 0) is 23.7 Å². The molecule has 82 valence electrons. The van der Waals surface area contributed by atoms with Crippen LogP contribution in [0.1, 0.15) is 0 Å². The Morgan fingerprint density at radius 2 is 2.06 bits per heavy atom. The van der Waals surface area contributed by atoms with Gasteiger partial charge in [0.1, 0.15) is 5.75 Å². The fraction of sp³-hybridized carbons (Fsp3) is 0.0833. The topological polar surface area (TPSA) is 47.3 Å². The van der Waals surface area contributed by atoms with Gasteiger partial charge in [0.05, 0.1) is 7.11 Å². The summed E-state index contributed by atoms with van der Waals surface area (Å²) >= 11 is 4.81. The predicted octanol–water partition coefficient (Wildman–Crippen LogP) is 2.50. The summed E-state index contributed by atoms with van der Waals surface area (Å²) in [6.45, 7) is 0. The Balaban J connectivity index is 2.58. The van der Waals surface area contributed by atoms with Crippen LogP contribution in [0.25, 0.3) is 10.8 Å². The number of anilines is 1. The van der Waals surface area contributed by atoms with E-state index in [2.05, 4.69) is 5.32 Å². The molecule has 2 aromatic rings. The Hall–Kier alpha value is -1.81. The van der Waals surface area contributed by atoms with Crippen LogP contribution < -0.4 is 15.8 Å². The van der Waals surface area contributed by atoms with Crippen LogP contribution >= 0.6 is 12.2 Å². The molecule has 0 aromatic heterocycles. The third kappa shape index (κ3) is 2.06. The van der Waals surface area contributed by atoms with E-state index in [1.54, 1.807) is 7.11 Å². The summed E-state index contributed by atoms with van der Waals surface area (Å²) in [4.78, 5) is 0. The second-order valence-electron chi connectivity index (χ2n) is 3.39. The second kappa shape index (κ2) is 4.37. The highest BCUT2D eigenvalue weighted by molar-refractivity contribution is 7.80. The van der Waals surface area contributed by atoms with Gasteiger partial charge in [-0.2, -0.15) is 0 Å². The molecule has 0 atom stereocenters. The normalized spacial score (nSPS) is 10.1. The summed E-state index contributed by atoms with van der Waals surface area (Å²) in [5.74, 6) is 0.803. The summed E-state index contributed by atoms with van der Waals surface area (Å²) in [6, 6.07) is 11.8. The van der Waals surface area contributed by atoms with E-state index < -0.39 is 0 Å². The average molecular weight is 232 g/mol. The number of hydrogen-bond acceptors (Lipinski definition) is 2. The van der Waals surface area contributed by atoms with E-state index in [0.717, 1.165) is 22.2 Å². The Morgan fingerprint density at radius 3 is 2.75 bits per heavy atom. The van der Waals surface area contributed by atoms with Crippen molar-refractivity contribution in [3.05, 3.63) is 36.4 Å². The first-order valence-corrected chi connectivity index (χ1v) is 5.25. The second-order valence-corrected chi connectivity index (χ2v) is 3.83. The Labute approximate surface area is 99.2 Å². The van der Waals surface area contributed by atoms with Crippen molar-refractivity contribution in [3.63, 3.8) is 0 Å². The molecule has 16 heavy (non-hydrogen) atoms. The molecule has 0 spiro atoms. The molecule has 3 N–H and O–H groups in total. The number of thiocarbonyl (C=S) groups is 1. The van der Waals surface area contributed by atoms with E-state index in [-0.39, 0.29) is 5.11 Å². The molecular weight excluding hydrogens is 220 g/mol. The highest BCUT2D eigenvalue weighted by Crippen LogP contribution is 2.29. The fourth-order valence-corrected chi connectivity index (χ4v) is 1.78. The van der Waals surface area contributed by atoms with Crippen molar-refractivity contribution in [2.24, 2.45) is 5.73 Å². The molecule has 0 aliphatic carbocycles. The summed E-state index contributed by atoms with van der Waals surface area (Å²) in [5.41, 5.74) is 6.28. The van der Waals surface area contributed by atoms with Crippen LogP contribution in [-0.4, -0.2) is 12.2 Å². The van der Waals surface area contributed by atoms with Gasteiger partial charge in [0.2, 0.25) is 0 Å². The van der Waals surface area contributed by atoms with Gasteiger partial charge in [-0.15, -0.1) is 0 Å². The number of nitrogens with one attached hydrogen (secondary N) is 1. The molecule has 0 aliphatic heterocycles. The number of hydrogen-bond donors (Lipinski definition) is 2. The van der Waals surface area contributed by atoms with Crippen LogP contribution in [0.4, 0.5) is 5.69 Å². The third-order valence-corrected chi connectivity index (χ3v) is 2.41. The maximum Gasteiger partial charge on any atom is 0.168 e. The maximum absolute atomic E-state index is 5.44. The molecule has 3 nitrogen and oxygen atoms in total. The van der Waals surface area contributed by atoms with Crippen molar-refractivity contribution in [1.82, 2.24) is 0 Å². The minimum absolute atomic E-state index is 0.248. The highest BCUT2D eigenvalue weighted by Gasteiger charge is 2.04. The van der Waals surface area contributed by atoms with E-state index in [9.17, 15) is 0 Å². The van der Waals surface area contributed by atoms with E-state index in [4.69, 9.17) is 22.7 Å². The lowest BCUT2D eigenvalue weighted by atomic mass is 10.1. The zero-order valence-electron chi connectivity index (χ0n) is 8.86. The van der Waals surface area contributed by atoms with Crippen LogP contribution in [0.15, 0.2) is 36.4 Å². The number of nitrogens with two attached hydrogens (primary N) is 1. The molecule has 4 heteroatoms. The lowest BCUT2D eigenvalue weighted by molar-refractivity contribution is 0.420. The first kappa shape index (κ1) is 10.7. The van der Waals surface area contributed by atoms with Crippen LogP contribution in [-0.2, 0) is 0 Å². The van der Waals surface area contributed by atoms with E-state index in [1.165, 1.54) is 0 Å². The Kier molecular flexibility index (Phi) is 2.92. The monoisotopic (exact) mass is 232 g/mol. The first-order valence-electron chi connectivity index (χ1n) is 4.84. The quantitative estimate of drug-likeness (QED) is 0.781. The number of benzene rings is 2. The molecule has 0 heterocycles. The zero-order valence-corrected chi connectivity index (χ0v) is 9.67. The lowest BCUT2D eigenvalue weighted by Gasteiger charge is -2.10. The average Bonchev–Trinajstić information content (AvgIpc) is 2.27. The Bertz CT molecular complexity index is 540. The smallest absolute Gasteiger partial charge is 0.168 e. The van der Waals surface area contributed by atoms with Gasteiger partial charge in [0.25, 0.3) is 0 Å². The zero-order chi connectivity index (χ0) is 11.5. The highest BCUT2D eigenvalue weighted by atomic mass is 32.1. The summed E-state index contributed by atoms with van der Waals surface area (Å²) in [7, 11) is 1.65. The third-order valence-electron chi connectivity index (χ3n) is 2.31. The van der Waals surface area contributed by atoms with Gasteiger partial charge in [-0.25, -0.2) is 0 Å². The van der Waals surface area contributed by atoms with Crippen molar-refractivity contribution in [2.45, 2.75) is 0 Å². The summed E-state index contributed by atoms with van der Waals surface area (Å²) in [6.07, 6.45) is 0. The van der Waals surface area contributed by atoms with Crippen molar-refractivity contribution < 1.29 is 4.74 Å². The molecular formula is C12H12N2OS. The van der Waals surface area contributed by atoms with Crippen molar-refractivity contribution in [1.29, 1.82) is 0 Å². The molecule has 0 saturated carbocycles. The van der Waals surface area contributed by atoms with Gasteiger partial charge >= 0.3 is 0 Å². The summed E-state index contributed by atoms with van der Waals surface area (Å²) in [5, 5.41) is 5.30. The number of fused-ring (bicyclic) bond motifs is 1. The molecule has 2 aromatic carbocycles. The molecule has 0 fully saturated rings. The van der Waals surface area contributed by atoms with E-state index >= 15 is 0 Å². The minimum atomic E-state index is 0.248. The first-order chi connectivity index (χ1) is 7.70. The van der Waals surface area contributed by atoms with Crippen LogP contribution in [0, 0.1) is 0 Å². The van der Waals surface area contributed by atoms with Crippen LogP contribution in [0.2, 0.25) is 0 Å². The molecule has 0 unspecified atom stereocenters. The van der Waals surface area contributed by atoms with Crippen molar-refractivity contribution in [2.75, 3.05) is 12.4 Å². The SMILES string of the molecule is COc1cc(NC(N)=S)cc2ccccc12. The Morgan fingerprint density at radius 1 is 1.31 bits per heavy atom. The van der Waals surface area contributed by atoms with Gasteiger partial charge in [0.15, 0.2) is 5.11 Å². The predicted molar refractivity (Wildman–Crippen MR) is 70.9 cm³/mol. The van der Waals surface area contributed by atoms with Crippen LogP contribution in [0.3, 0.4) is 0 Å². The molecule has 2 rings (SSSR count). The van der Waals surface area contributed by atoms with Crippen LogP contribution in [0.5, 0.6) is 5.75 Å². The van der Waals surface area contributed by atoms with E-state index in [0.29, 0.717) is 0 Å². The van der Waals surface area contributed by atoms with Gasteiger partial charge in [-0.3, -0.25) is 0 Å². The molecule has 0 saturated heterocycles. The minimum Gasteiger partial charge on any atom is -0.496 e. The van der Waals surface area contributed by atoms with Crippen molar-refractivity contribution >= 4 is 33.8 Å². The molecule has 0 amide bonds. The van der Waals surface area contributed by atoms with Gasteiger partial charge < -0.3 is 15.8 Å².